The van der Waals surface area contributed by atoms with Gasteiger partial charge >= 0.3 is 5.97 Å². The zero-order valence-corrected chi connectivity index (χ0v) is 15.6. The van der Waals surface area contributed by atoms with Crippen molar-refractivity contribution in [1.29, 1.82) is 0 Å². The van der Waals surface area contributed by atoms with Crippen LogP contribution in [0.4, 0.5) is 0 Å². The molecule has 0 saturated carbocycles. The lowest BCUT2D eigenvalue weighted by Crippen LogP contribution is -2.40. The summed E-state index contributed by atoms with van der Waals surface area (Å²) < 4.78 is 6.22. The molecule has 4 nitrogen and oxygen atoms in total. The van der Waals surface area contributed by atoms with Crippen LogP contribution >= 0.6 is 12.4 Å². The highest BCUT2D eigenvalue weighted by Gasteiger charge is 2.25. The lowest BCUT2D eigenvalue weighted by molar-refractivity contribution is -0.143. The van der Waals surface area contributed by atoms with Crippen LogP contribution in [-0.4, -0.2) is 42.2 Å². The molecule has 1 aliphatic rings. The first kappa shape index (κ1) is 20.4. The summed E-state index contributed by atoms with van der Waals surface area (Å²) in [5, 5.41) is 9.21. The summed E-state index contributed by atoms with van der Waals surface area (Å²) in [6.07, 6.45) is 1.63. The van der Waals surface area contributed by atoms with E-state index in [0.29, 0.717) is 13.2 Å². The van der Waals surface area contributed by atoms with Gasteiger partial charge in [0.05, 0.1) is 12.5 Å². The minimum atomic E-state index is -0.683. The van der Waals surface area contributed by atoms with Gasteiger partial charge in [0, 0.05) is 13.1 Å². The van der Waals surface area contributed by atoms with Gasteiger partial charge in [-0.3, -0.25) is 4.79 Å². The molecule has 1 saturated heterocycles. The fraction of sp³-hybridized carbons (Fsp3) is 0.381. The van der Waals surface area contributed by atoms with Crippen LogP contribution in [-0.2, 0) is 9.53 Å². The van der Waals surface area contributed by atoms with Gasteiger partial charge in [-0.15, -0.1) is 12.4 Å². The molecule has 26 heavy (non-hydrogen) atoms. The molecule has 140 valence electrons. The molecule has 2 aromatic rings. The standard InChI is InChI=1S/C21H25NO3.ClH/c23-21(24)19-12-7-13-22(16-19)14-15-25-20(17-8-3-1-4-9-17)18-10-5-2-6-11-18;/h1-6,8-11,19-20H,7,12-16H2,(H,23,24);1H. The van der Waals surface area contributed by atoms with Gasteiger partial charge in [0.1, 0.15) is 6.10 Å². The van der Waals surface area contributed by atoms with Crippen LogP contribution in [0.15, 0.2) is 60.7 Å². The predicted molar refractivity (Wildman–Crippen MR) is 105 cm³/mol. The predicted octanol–water partition coefficient (Wildman–Crippen LogP) is 4.01. The fourth-order valence-corrected chi connectivity index (χ4v) is 3.40. The van der Waals surface area contributed by atoms with Gasteiger partial charge < -0.3 is 14.7 Å². The maximum atomic E-state index is 11.2. The molecular weight excluding hydrogens is 350 g/mol. The zero-order valence-electron chi connectivity index (χ0n) is 14.8. The van der Waals surface area contributed by atoms with Crippen molar-refractivity contribution in [3.8, 4) is 0 Å². The molecule has 1 fully saturated rings. The monoisotopic (exact) mass is 375 g/mol. The second kappa shape index (κ2) is 10.3. The van der Waals surface area contributed by atoms with Crippen molar-refractivity contribution in [1.82, 2.24) is 4.90 Å². The summed E-state index contributed by atoms with van der Waals surface area (Å²) in [4.78, 5) is 13.4. The average molecular weight is 376 g/mol. The van der Waals surface area contributed by atoms with Crippen molar-refractivity contribution in [2.75, 3.05) is 26.2 Å². The minimum absolute atomic E-state index is 0. The van der Waals surface area contributed by atoms with Crippen molar-refractivity contribution in [3.05, 3.63) is 71.8 Å². The molecule has 5 heteroatoms. The number of hydrogen-bond acceptors (Lipinski definition) is 3. The van der Waals surface area contributed by atoms with Crippen LogP contribution in [0.1, 0.15) is 30.1 Å². The second-order valence-corrected chi connectivity index (χ2v) is 6.55. The second-order valence-electron chi connectivity index (χ2n) is 6.55. The van der Waals surface area contributed by atoms with E-state index in [2.05, 4.69) is 29.2 Å². The Morgan fingerprint density at radius 2 is 1.65 bits per heavy atom. The number of piperidine rings is 1. The molecule has 0 amide bonds. The number of carbonyl (C=O) groups is 1. The van der Waals surface area contributed by atoms with Crippen molar-refractivity contribution in [2.24, 2.45) is 5.92 Å². The summed E-state index contributed by atoms with van der Waals surface area (Å²) in [6, 6.07) is 20.4. The topological polar surface area (TPSA) is 49.8 Å². The van der Waals surface area contributed by atoms with Crippen molar-refractivity contribution in [3.63, 3.8) is 0 Å². The van der Waals surface area contributed by atoms with E-state index >= 15 is 0 Å². The summed E-state index contributed by atoms with van der Waals surface area (Å²) in [7, 11) is 0. The molecule has 0 spiro atoms. The minimum Gasteiger partial charge on any atom is -0.481 e. The first-order valence-corrected chi connectivity index (χ1v) is 8.90. The Kier molecular flexibility index (Phi) is 8.10. The normalized spacial score (nSPS) is 17.7. The SMILES string of the molecule is Cl.O=C(O)C1CCCN(CCOC(c2ccccc2)c2ccccc2)C1. The third-order valence-corrected chi connectivity index (χ3v) is 4.75. The van der Waals surface area contributed by atoms with Gasteiger partial charge in [0.25, 0.3) is 0 Å². The molecule has 1 heterocycles. The van der Waals surface area contributed by atoms with Gasteiger partial charge in [0.2, 0.25) is 0 Å². The Morgan fingerprint density at radius 1 is 1.08 bits per heavy atom. The van der Waals surface area contributed by atoms with E-state index in [9.17, 15) is 9.90 Å². The first-order chi connectivity index (χ1) is 12.2. The number of carboxylic acids is 1. The number of likely N-dealkylation sites (tertiary alicyclic amines) is 1. The smallest absolute Gasteiger partial charge is 0.307 e. The summed E-state index contributed by atoms with van der Waals surface area (Å²) in [6.45, 7) is 2.93. The highest BCUT2D eigenvalue weighted by atomic mass is 35.5. The molecule has 0 bridgehead atoms. The number of halogens is 1. The molecule has 0 aliphatic carbocycles. The lowest BCUT2D eigenvalue weighted by Gasteiger charge is -2.31. The summed E-state index contributed by atoms with van der Waals surface area (Å²) in [5.74, 6) is -0.926. The summed E-state index contributed by atoms with van der Waals surface area (Å²) in [5.41, 5.74) is 2.27. The van der Waals surface area contributed by atoms with Crippen LogP contribution < -0.4 is 0 Å². The Labute approximate surface area is 161 Å². The number of rotatable bonds is 7. The Morgan fingerprint density at radius 3 is 2.19 bits per heavy atom. The highest BCUT2D eigenvalue weighted by molar-refractivity contribution is 5.85. The van der Waals surface area contributed by atoms with E-state index in [4.69, 9.17) is 4.74 Å². The average Bonchev–Trinajstić information content (AvgIpc) is 2.67. The fourth-order valence-electron chi connectivity index (χ4n) is 3.40. The van der Waals surface area contributed by atoms with E-state index < -0.39 is 5.97 Å². The number of ether oxygens (including phenoxy) is 1. The van der Waals surface area contributed by atoms with Crippen LogP contribution in [0.3, 0.4) is 0 Å². The number of hydrogen-bond donors (Lipinski definition) is 1. The number of nitrogens with zero attached hydrogens (tertiary/aromatic N) is 1. The maximum absolute atomic E-state index is 11.2. The van der Waals surface area contributed by atoms with Crippen molar-refractivity contribution < 1.29 is 14.6 Å². The largest absolute Gasteiger partial charge is 0.481 e. The zero-order chi connectivity index (χ0) is 17.5. The van der Waals surface area contributed by atoms with E-state index in [1.807, 2.05) is 36.4 Å². The van der Waals surface area contributed by atoms with Gasteiger partial charge in [-0.05, 0) is 30.5 Å². The number of carboxylic acid groups (broad SMARTS) is 1. The van der Waals surface area contributed by atoms with Crippen LogP contribution in [0, 0.1) is 5.92 Å². The quantitative estimate of drug-likeness (QED) is 0.794. The van der Waals surface area contributed by atoms with Crippen LogP contribution in [0.5, 0.6) is 0 Å². The molecular formula is C21H26ClNO3. The van der Waals surface area contributed by atoms with Gasteiger partial charge in [-0.25, -0.2) is 0 Å². The van der Waals surface area contributed by atoms with Crippen LogP contribution in [0.2, 0.25) is 0 Å². The maximum Gasteiger partial charge on any atom is 0.307 e. The molecule has 1 aliphatic heterocycles. The molecule has 0 aromatic heterocycles. The van der Waals surface area contributed by atoms with Gasteiger partial charge in [-0.1, -0.05) is 60.7 Å². The Bertz CT molecular complexity index is 626. The molecule has 0 radical (unpaired) electrons. The molecule has 1 unspecified atom stereocenters. The van der Waals surface area contributed by atoms with Crippen LogP contribution in [0.25, 0.3) is 0 Å². The number of aliphatic carboxylic acids is 1. The first-order valence-electron chi connectivity index (χ1n) is 8.90. The van der Waals surface area contributed by atoms with E-state index in [0.717, 1.165) is 37.1 Å². The van der Waals surface area contributed by atoms with Crippen molar-refractivity contribution >= 4 is 18.4 Å². The highest BCUT2D eigenvalue weighted by Crippen LogP contribution is 2.26. The molecule has 2 aromatic carbocycles. The number of benzene rings is 2. The van der Waals surface area contributed by atoms with Gasteiger partial charge in [-0.2, -0.15) is 0 Å². The van der Waals surface area contributed by atoms with E-state index in [-0.39, 0.29) is 24.4 Å². The van der Waals surface area contributed by atoms with E-state index in [1.54, 1.807) is 0 Å². The Balaban J connectivity index is 0.00000243. The molecule has 1 N–H and O–H groups in total. The van der Waals surface area contributed by atoms with Crippen molar-refractivity contribution in [2.45, 2.75) is 18.9 Å². The molecule has 1 atom stereocenters. The summed E-state index contributed by atoms with van der Waals surface area (Å²) >= 11 is 0. The van der Waals surface area contributed by atoms with E-state index in [1.165, 1.54) is 0 Å². The molecule has 3 rings (SSSR count). The lowest BCUT2D eigenvalue weighted by atomic mass is 9.98. The van der Waals surface area contributed by atoms with Gasteiger partial charge in [0.15, 0.2) is 0 Å². The Hall–Kier alpha value is -1.88. The third-order valence-electron chi connectivity index (χ3n) is 4.75. The third kappa shape index (κ3) is 5.56.